The van der Waals surface area contributed by atoms with E-state index >= 15 is 0 Å². The van der Waals surface area contributed by atoms with Gasteiger partial charge in [-0.3, -0.25) is 9.89 Å². The molecule has 0 unspecified atom stereocenters. The lowest BCUT2D eigenvalue weighted by molar-refractivity contribution is 0.0940. The highest BCUT2D eigenvalue weighted by Gasteiger charge is 2.28. The summed E-state index contributed by atoms with van der Waals surface area (Å²) in [6.07, 6.45) is 2.25. The Morgan fingerprint density at radius 3 is 2.86 bits per heavy atom. The SMILES string of the molecule is COCc1ccccc1CNC(=O)c1n[nH]c(C2CC2)n1. The molecule has 1 aliphatic rings. The maximum Gasteiger partial charge on any atom is 0.291 e. The summed E-state index contributed by atoms with van der Waals surface area (Å²) in [4.78, 5) is 16.3. The summed E-state index contributed by atoms with van der Waals surface area (Å²) >= 11 is 0. The van der Waals surface area contributed by atoms with Gasteiger partial charge in [0.15, 0.2) is 0 Å². The number of carbonyl (C=O) groups is 1. The van der Waals surface area contributed by atoms with E-state index in [2.05, 4.69) is 20.5 Å². The molecule has 0 spiro atoms. The van der Waals surface area contributed by atoms with Crippen LogP contribution in [0.3, 0.4) is 0 Å². The highest BCUT2D eigenvalue weighted by atomic mass is 16.5. The number of hydrogen-bond donors (Lipinski definition) is 2. The van der Waals surface area contributed by atoms with Crippen LogP contribution in [0.15, 0.2) is 24.3 Å². The minimum atomic E-state index is -0.259. The Bertz CT molecular complexity index is 634. The Morgan fingerprint density at radius 2 is 2.14 bits per heavy atom. The molecule has 1 heterocycles. The Morgan fingerprint density at radius 1 is 1.38 bits per heavy atom. The molecule has 6 heteroatoms. The topological polar surface area (TPSA) is 79.9 Å². The smallest absolute Gasteiger partial charge is 0.291 e. The molecule has 0 aliphatic heterocycles. The third-order valence-electron chi connectivity index (χ3n) is 3.53. The predicted octanol–water partition coefficient (Wildman–Crippen LogP) is 1.76. The molecule has 110 valence electrons. The summed E-state index contributed by atoms with van der Waals surface area (Å²) in [6, 6.07) is 7.86. The molecule has 1 aromatic carbocycles. The second kappa shape index (κ2) is 6.05. The first-order valence-electron chi connectivity index (χ1n) is 7.04. The molecule has 6 nitrogen and oxygen atoms in total. The lowest BCUT2D eigenvalue weighted by Crippen LogP contribution is -2.24. The van der Waals surface area contributed by atoms with E-state index in [0.29, 0.717) is 19.1 Å². The van der Waals surface area contributed by atoms with E-state index in [-0.39, 0.29) is 11.7 Å². The minimum Gasteiger partial charge on any atom is -0.380 e. The molecule has 1 fully saturated rings. The second-order valence-corrected chi connectivity index (χ2v) is 5.20. The number of methoxy groups -OCH3 is 1. The zero-order chi connectivity index (χ0) is 14.7. The number of nitrogens with one attached hydrogen (secondary N) is 2. The molecule has 1 aromatic heterocycles. The van der Waals surface area contributed by atoms with E-state index in [4.69, 9.17) is 4.74 Å². The van der Waals surface area contributed by atoms with Gasteiger partial charge in [-0.2, -0.15) is 0 Å². The van der Waals surface area contributed by atoms with Crippen LogP contribution in [0.1, 0.15) is 46.3 Å². The van der Waals surface area contributed by atoms with Crippen LogP contribution in [0, 0.1) is 0 Å². The average Bonchev–Trinajstić information content (AvgIpc) is 3.24. The van der Waals surface area contributed by atoms with Crippen LogP contribution in [0.4, 0.5) is 0 Å². The molecule has 0 bridgehead atoms. The number of H-pyrrole nitrogens is 1. The predicted molar refractivity (Wildman–Crippen MR) is 76.7 cm³/mol. The average molecular weight is 286 g/mol. The van der Waals surface area contributed by atoms with Crippen LogP contribution < -0.4 is 5.32 Å². The number of carbonyl (C=O) groups excluding carboxylic acids is 1. The fourth-order valence-corrected chi connectivity index (χ4v) is 2.20. The number of benzene rings is 1. The summed E-state index contributed by atoms with van der Waals surface area (Å²) in [5.74, 6) is 1.23. The monoisotopic (exact) mass is 286 g/mol. The maximum atomic E-state index is 12.1. The van der Waals surface area contributed by atoms with Crippen LogP contribution in [0.5, 0.6) is 0 Å². The van der Waals surface area contributed by atoms with Gasteiger partial charge in [-0.1, -0.05) is 24.3 Å². The Balaban J connectivity index is 1.62. The van der Waals surface area contributed by atoms with Crippen LogP contribution in [-0.2, 0) is 17.9 Å². The molecule has 1 aliphatic carbocycles. The van der Waals surface area contributed by atoms with Gasteiger partial charge in [0.25, 0.3) is 5.91 Å². The Labute approximate surface area is 122 Å². The quantitative estimate of drug-likeness (QED) is 0.848. The molecule has 0 atom stereocenters. The summed E-state index contributed by atoms with van der Waals surface area (Å²) < 4.78 is 5.15. The fourth-order valence-electron chi connectivity index (χ4n) is 2.20. The maximum absolute atomic E-state index is 12.1. The van der Waals surface area contributed by atoms with E-state index in [0.717, 1.165) is 29.8 Å². The molecular formula is C15H18N4O2. The molecule has 3 rings (SSSR count). The van der Waals surface area contributed by atoms with Crippen molar-refractivity contribution < 1.29 is 9.53 Å². The van der Waals surface area contributed by atoms with Crippen LogP contribution in [-0.4, -0.2) is 28.2 Å². The van der Waals surface area contributed by atoms with Gasteiger partial charge in [-0.05, 0) is 24.0 Å². The zero-order valence-electron chi connectivity index (χ0n) is 11.9. The third kappa shape index (κ3) is 3.28. The highest BCUT2D eigenvalue weighted by Crippen LogP contribution is 2.37. The first-order chi connectivity index (χ1) is 10.3. The van der Waals surface area contributed by atoms with Gasteiger partial charge in [-0.15, -0.1) is 5.10 Å². The summed E-state index contributed by atoms with van der Waals surface area (Å²) in [6.45, 7) is 0.962. The van der Waals surface area contributed by atoms with Crippen molar-refractivity contribution in [3.63, 3.8) is 0 Å². The molecule has 1 amide bonds. The number of aromatic nitrogens is 3. The zero-order valence-corrected chi connectivity index (χ0v) is 11.9. The van der Waals surface area contributed by atoms with Gasteiger partial charge < -0.3 is 10.1 Å². The van der Waals surface area contributed by atoms with Gasteiger partial charge in [0, 0.05) is 19.6 Å². The lowest BCUT2D eigenvalue weighted by Gasteiger charge is -2.09. The highest BCUT2D eigenvalue weighted by molar-refractivity contribution is 5.90. The van der Waals surface area contributed by atoms with Gasteiger partial charge in [0.1, 0.15) is 5.82 Å². The van der Waals surface area contributed by atoms with Gasteiger partial charge in [0.05, 0.1) is 6.61 Å². The van der Waals surface area contributed by atoms with E-state index < -0.39 is 0 Å². The van der Waals surface area contributed by atoms with Gasteiger partial charge in [0.2, 0.25) is 5.82 Å². The number of nitrogens with zero attached hydrogens (tertiary/aromatic N) is 2. The molecule has 21 heavy (non-hydrogen) atoms. The molecule has 0 saturated heterocycles. The first-order valence-corrected chi connectivity index (χ1v) is 7.04. The number of aromatic amines is 1. The third-order valence-corrected chi connectivity index (χ3v) is 3.53. The molecule has 2 aromatic rings. The van der Waals surface area contributed by atoms with Crippen molar-refractivity contribution in [1.29, 1.82) is 0 Å². The minimum absolute atomic E-state index is 0.209. The summed E-state index contributed by atoms with van der Waals surface area (Å²) in [5.41, 5.74) is 2.10. The number of ether oxygens (including phenoxy) is 1. The van der Waals surface area contributed by atoms with Crippen molar-refractivity contribution in [1.82, 2.24) is 20.5 Å². The standard InChI is InChI=1S/C15H18N4O2/c1-21-9-12-5-3-2-4-11(12)8-16-15(20)14-17-13(18-19-14)10-6-7-10/h2-5,10H,6-9H2,1H3,(H,16,20)(H,17,18,19). The van der Waals surface area contributed by atoms with Crippen molar-refractivity contribution >= 4 is 5.91 Å². The lowest BCUT2D eigenvalue weighted by atomic mass is 10.1. The van der Waals surface area contributed by atoms with Gasteiger partial charge >= 0.3 is 0 Å². The Kier molecular flexibility index (Phi) is 3.96. The Hall–Kier alpha value is -2.21. The fraction of sp³-hybridized carbons (Fsp3) is 0.400. The first kappa shape index (κ1) is 13.8. The van der Waals surface area contributed by atoms with E-state index in [9.17, 15) is 4.79 Å². The molecular weight excluding hydrogens is 268 g/mol. The van der Waals surface area contributed by atoms with Crippen molar-refractivity contribution in [2.45, 2.75) is 31.9 Å². The van der Waals surface area contributed by atoms with Gasteiger partial charge in [-0.25, -0.2) is 4.98 Å². The van der Waals surface area contributed by atoms with Crippen molar-refractivity contribution in [2.24, 2.45) is 0 Å². The summed E-state index contributed by atoms with van der Waals surface area (Å²) in [5, 5.41) is 9.66. The molecule has 0 radical (unpaired) electrons. The van der Waals surface area contributed by atoms with E-state index in [1.165, 1.54) is 0 Å². The second-order valence-electron chi connectivity index (χ2n) is 5.20. The van der Waals surface area contributed by atoms with Crippen molar-refractivity contribution in [3.05, 3.63) is 47.0 Å². The number of rotatable bonds is 6. The normalized spacial score (nSPS) is 14.1. The van der Waals surface area contributed by atoms with Crippen LogP contribution in [0.25, 0.3) is 0 Å². The number of amides is 1. The largest absolute Gasteiger partial charge is 0.380 e. The van der Waals surface area contributed by atoms with Crippen molar-refractivity contribution in [2.75, 3.05) is 7.11 Å². The molecule has 1 saturated carbocycles. The molecule has 2 N–H and O–H groups in total. The summed E-state index contributed by atoms with van der Waals surface area (Å²) in [7, 11) is 1.66. The number of hydrogen-bond acceptors (Lipinski definition) is 4. The van der Waals surface area contributed by atoms with E-state index in [1.54, 1.807) is 7.11 Å². The van der Waals surface area contributed by atoms with Crippen molar-refractivity contribution in [3.8, 4) is 0 Å². The van der Waals surface area contributed by atoms with Crippen LogP contribution in [0.2, 0.25) is 0 Å². The van der Waals surface area contributed by atoms with Crippen LogP contribution >= 0.6 is 0 Å². The van der Waals surface area contributed by atoms with E-state index in [1.807, 2.05) is 24.3 Å².